The summed E-state index contributed by atoms with van der Waals surface area (Å²) in [4.78, 5) is 25.5. The Hall–Kier alpha value is -1.84. The van der Waals surface area contributed by atoms with Crippen LogP contribution >= 0.6 is 0 Å². The first kappa shape index (κ1) is 17.2. The first-order chi connectivity index (χ1) is 9.86. The van der Waals surface area contributed by atoms with Gasteiger partial charge in [-0.3, -0.25) is 9.59 Å². The molecule has 0 fully saturated rings. The van der Waals surface area contributed by atoms with Gasteiger partial charge in [-0.15, -0.1) is 0 Å². The minimum absolute atomic E-state index is 0.0122. The highest BCUT2D eigenvalue weighted by Crippen LogP contribution is 2.24. The number of carbonyl (C=O) groups excluding carboxylic acids is 2. The van der Waals surface area contributed by atoms with E-state index in [1.807, 2.05) is 45.9 Å². The fourth-order valence-corrected chi connectivity index (χ4v) is 2.32. The Morgan fingerprint density at radius 3 is 2.29 bits per heavy atom. The molecule has 116 valence electrons. The minimum Gasteiger partial charge on any atom is -0.354 e. The van der Waals surface area contributed by atoms with Crippen LogP contribution in [0.3, 0.4) is 0 Å². The van der Waals surface area contributed by atoms with Crippen LogP contribution in [0.2, 0.25) is 0 Å². The number of hydrogen-bond donors (Lipinski definition) is 1. The second-order valence-electron chi connectivity index (χ2n) is 5.54. The summed E-state index contributed by atoms with van der Waals surface area (Å²) in [6.07, 6.45) is 1.22. The van der Waals surface area contributed by atoms with Gasteiger partial charge in [-0.2, -0.15) is 0 Å². The molecule has 0 saturated heterocycles. The first-order valence-electron chi connectivity index (χ1n) is 7.50. The van der Waals surface area contributed by atoms with Crippen LogP contribution in [0.15, 0.2) is 18.2 Å². The summed E-state index contributed by atoms with van der Waals surface area (Å²) >= 11 is 0. The van der Waals surface area contributed by atoms with Crippen molar-refractivity contribution in [3.8, 4) is 0 Å². The zero-order valence-corrected chi connectivity index (χ0v) is 13.7. The Labute approximate surface area is 127 Å². The predicted octanol–water partition coefficient (Wildman–Crippen LogP) is 2.96. The van der Waals surface area contributed by atoms with E-state index in [1.54, 1.807) is 11.8 Å². The van der Waals surface area contributed by atoms with Gasteiger partial charge in [-0.05, 0) is 38.3 Å². The van der Waals surface area contributed by atoms with Crippen LogP contribution in [-0.4, -0.2) is 24.4 Å². The van der Waals surface area contributed by atoms with Crippen LogP contribution in [0, 0.1) is 13.8 Å². The van der Waals surface area contributed by atoms with E-state index in [4.69, 9.17) is 0 Å². The second kappa shape index (κ2) is 7.81. The molecule has 0 aliphatic carbocycles. The molecule has 4 heteroatoms. The molecular formula is C17H26N2O2. The van der Waals surface area contributed by atoms with Crippen molar-refractivity contribution in [2.75, 3.05) is 11.4 Å². The van der Waals surface area contributed by atoms with Crippen LogP contribution in [-0.2, 0) is 9.59 Å². The van der Waals surface area contributed by atoms with Crippen LogP contribution < -0.4 is 10.2 Å². The number of amides is 2. The Kier molecular flexibility index (Phi) is 6.40. The van der Waals surface area contributed by atoms with Crippen molar-refractivity contribution in [2.24, 2.45) is 0 Å². The fourth-order valence-electron chi connectivity index (χ4n) is 2.32. The number of benzene rings is 1. The van der Waals surface area contributed by atoms with Gasteiger partial charge in [0.1, 0.15) is 0 Å². The lowest BCUT2D eigenvalue weighted by Gasteiger charge is -2.25. The van der Waals surface area contributed by atoms with Crippen molar-refractivity contribution in [3.05, 3.63) is 29.3 Å². The molecule has 21 heavy (non-hydrogen) atoms. The highest BCUT2D eigenvalue weighted by Gasteiger charge is 2.17. The molecule has 1 atom stereocenters. The lowest BCUT2D eigenvalue weighted by molar-refractivity contribution is -0.121. The molecule has 0 saturated carbocycles. The molecule has 1 aromatic rings. The molecule has 0 aliphatic rings. The van der Waals surface area contributed by atoms with E-state index >= 15 is 0 Å². The summed E-state index contributed by atoms with van der Waals surface area (Å²) in [7, 11) is 0. The molecule has 0 aliphatic heterocycles. The highest BCUT2D eigenvalue weighted by molar-refractivity contribution is 5.94. The fraction of sp³-hybridized carbons (Fsp3) is 0.529. The van der Waals surface area contributed by atoms with Gasteiger partial charge in [0.15, 0.2) is 0 Å². The standard InChI is InChI=1S/C17H26N2O2/c1-6-14(4)18-16(21)10-11-19(15(5)20)17-12(2)8-7-9-13(17)3/h7-9,14H,6,10-11H2,1-5H3,(H,18,21). The van der Waals surface area contributed by atoms with E-state index in [-0.39, 0.29) is 17.9 Å². The number of para-hydroxylation sites is 1. The summed E-state index contributed by atoms with van der Waals surface area (Å²) in [6, 6.07) is 6.11. The third kappa shape index (κ3) is 4.88. The zero-order valence-electron chi connectivity index (χ0n) is 13.7. The topological polar surface area (TPSA) is 49.4 Å². The van der Waals surface area contributed by atoms with Gasteiger partial charge >= 0.3 is 0 Å². The maximum Gasteiger partial charge on any atom is 0.223 e. The summed E-state index contributed by atoms with van der Waals surface area (Å²) in [5.41, 5.74) is 3.02. The number of nitrogens with zero attached hydrogens (tertiary/aromatic N) is 1. The Bertz CT molecular complexity index is 491. The maximum atomic E-state index is 11.9. The average molecular weight is 290 g/mol. The predicted molar refractivity (Wildman–Crippen MR) is 86.5 cm³/mol. The van der Waals surface area contributed by atoms with Crippen molar-refractivity contribution in [3.63, 3.8) is 0 Å². The zero-order chi connectivity index (χ0) is 16.0. The third-order valence-electron chi connectivity index (χ3n) is 3.67. The number of rotatable bonds is 6. The van der Waals surface area contributed by atoms with Crippen LogP contribution in [0.5, 0.6) is 0 Å². The summed E-state index contributed by atoms with van der Waals surface area (Å²) in [5, 5.41) is 2.93. The smallest absolute Gasteiger partial charge is 0.223 e. The lowest BCUT2D eigenvalue weighted by Crippen LogP contribution is -2.37. The molecule has 0 aromatic heterocycles. The summed E-state index contributed by atoms with van der Waals surface area (Å²) in [5.74, 6) is -0.0504. The molecule has 1 unspecified atom stereocenters. The number of hydrogen-bond acceptors (Lipinski definition) is 2. The van der Waals surface area contributed by atoms with Gasteiger partial charge < -0.3 is 10.2 Å². The molecular weight excluding hydrogens is 264 g/mol. The van der Waals surface area contributed by atoms with Crippen molar-refractivity contribution in [2.45, 2.75) is 53.5 Å². The lowest BCUT2D eigenvalue weighted by atomic mass is 10.1. The Morgan fingerprint density at radius 2 is 1.81 bits per heavy atom. The molecule has 1 aromatic carbocycles. The van der Waals surface area contributed by atoms with Gasteiger partial charge in [-0.25, -0.2) is 0 Å². The number of nitrogens with one attached hydrogen (secondary N) is 1. The largest absolute Gasteiger partial charge is 0.354 e. The molecule has 1 N–H and O–H groups in total. The van der Waals surface area contributed by atoms with Crippen LogP contribution in [0.4, 0.5) is 5.69 Å². The summed E-state index contributed by atoms with van der Waals surface area (Å²) < 4.78 is 0. The van der Waals surface area contributed by atoms with Crippen molar-refractivity contribution in [1.82, 2.24) is 5.32 Å². The number of carbonyl (C=O) groups is 2. The monoisotopic (exact) mass is 290 g/mol. The Morgan fingerprint density at radius 1 is 1.24 bits per heavy atom. The molecule has 4 nitrogen and oxygen atoms in total. The maximum absolute atomic E-state index is 11.9. The van der Waals surface area contributed by atoms with E-state index in [1.165, 1.54) is 0 Å². The molecule has 1 rings (SSSR count). The third-order valence-corrected chi connectivity index (χ3v) is 3.67. The molecule has 0 heterocycles. The average Bonchev–Trinajstić information content (AvgIpc) is 2.41. The number of anilines is 1. The van der Waals surface area contributed by atoms with E-state index in [2.05, 4.69) is 5.32 Å². The van der Waals surface area contributed by atoms with Crippen molar-refractivity contribution < 1.29 is 9.59 Å². The minimum atomic E-state index is -0.0382. The number of aryl methyl sites for hydroxylation is 2. The molecule has 0 spiro atoms. The van der Waals surface area contributed by atoms with E-state index < -0.39 is 0 Å². The van der Waals surface area contributed by atoms with Gasteiger partial charge in [-0.1, -0.05) is 25.1 Å². The van der Waals surface area contributed by atoms with Gasteiger partial charge in [0, 0.05) is 31.6 Å². The second-order valence-corrected chi connectivity index (χ2v) is 5.54. The van der Waals surface area contributed by atoms with Crippen LogP contribution in [0.1, 0.15) is 44.7 Å². The first-order valence-corrected chi connectivity index (χ1v) is 7.50. The molecule has 0 bridgehead atoms. The Balaban J connectivity index is 2.80. The molecule has 2 amide bonds. The van der Waals surface area contributed by atoms with Crippen molar-refractivity contribution >= 4 is 17.5 Å². The SMILES string of the molecule is CCC(C)NC(=O)CCN(C(C)=O)c1c(C)cccc1C. The van der Waals surface area contributed by atoms with Crippen molar-refractivity contribution in [1.29, 1.82) is 0 Å². The van der Waals surface area contributed by atoms with Gasteiger partial charge in [0.25, 0.3) is 0 Å². The van der Waals surface area contributed by atoms with E-state index in [0.717, 1.165) is 23.2 Å². The summed E-state index contributed by atoms with van der Waals surface area (Å²) in [6.45, 7) is 9.92. The van der Waals surface area contributed by atoms with E-state index in [0.29, 0.717) is 13.0 Å². The van der Waals surface area contributed by atoms with Crippen LogP contribution in [0.25, 0.3) is 0 Å². The van der Waals surface area contributed by atoms with Gasteiger partial charge in [0.05, 0.1) is 0 Å². The van der Waals surface area contributed by atoms with Gasteiger partial charge in [0.2, 0.25) is 11.8 Å². The highest BCUT2D eigenvalue weighted by atomic mass is 16.2. The van der Waals surface area contributed by atoms with E-state index in [9.17, 15) is 9.59 Å². The quantitative estimate of drug-likeness (QED) is 0.875. The molecule has 0 radical (unpaired) electrons. The normalized spacial score (nSPS) is 11.9.